The molecule has 0 aromatic heterocycles. The standard InChI is InChI=1S/2C45H48Cl2F2Si.2ClH.Hf/c2*1-10-26-20-34-30(28-22-36(46)40(38(48)24-28)44(3,4)5)16-12-14-18-32(34)42(26)50(9)43-27(11-2)21-35-31(17-13-15-19-33(35)43)29-23-37(47)41(39(49)25-29)45(6,7)8;;;/h2*12-25,30-31,50H,10-11H2,1-9H3;2*1H;/q;;;;+2/p-2. The Bertz CT molecular complexity index is 4320. The predicted molar refractivity (Wildman–Crippen MR) is 435 cm³/mol. The van der Waals surface area contributed by atoms with Gasteiger partial charge in [-0.1, -0.05) is 0 Å². The fourth-order valence-electron chi connectivity index (χ4n) is 24.4. The first kappa shape index (κ1) is 75.3. The van der Waals surface area contributed by atoms with Crippen molar-refractivity contribution in [1.29, 1.82) is 0 Å². The number of allylic oxidation sites excluding steroid dienone is 32. The molecule has 0 amide bonds. The average molecular weight is 1700 g/mol. The van der Waals surface area contributed by atoms with E-state index in [4.69, 9.17) is 46.4 Å². The van der Waals surface area contributed by atoms with Gasteiger partial charge in [0.05, 0.1) is 0 Å². The molecule has 10 aliphatic rings. The summed E-state index contributed by atoms with van der Waals surface area (Å²) in [7, 11) is 17.4. The van der Waals surface area contributed by atoms with Gasteiger partial charge in [-0.15, -0.1) is 0 Å². The van der Waals surface area contributed by atoms with Crippen molar-refractivity contribution in [2.45, 2.75) is 206 Å². The Hall–Kier alpha value is -4.52. The van der Waals surface area contributed by atoms with E-state index in [1.165, 1.54) is 22.3 Å². The van der Waals surface area contributed by atoms with E-state index in [1.54, 1.807) is 24.3 Å². The van der Waals surface area contributed by atoms with E-state index in [0.717, 1.165) is 66.8 Å². The molecule has 2 saturated heterocycles. The first-order valence-corrected chi connectivity index (χ1v) is 59.4. The van der Waals surface area contributed by atoms with Crippen molar-refractivity contribution >= 4 is 81.2 Å². The summed E-state index contributed by atoms with van der Waals surface area (Å²) in [4.78, 5) is 0. The molecule has 14 rings (SSSR count). The zero-order chi connectivity index (χ0) is 74.7. The molecule has 103 heavy (non-hydrogen) atoms. The fourth-order valence-corrected chi connectivity index (χ4v) is 197. The van der Waals surface area contributed by atoms with Gasteiger partial charge in [0.1, 0.15) is 0 Å². The molecule has 8 unspecified atom stereocenters. The van der Waals surface area contributed by atoms with Crippen molar-refractivity contribution in [2.24, 2.45) is 0 Å². The Morgan fingerprint density at radius 1 is 0.340 bits per heavy atom. The van der Waals surface area contributed by atoms with E-state index in [9.17, 15) is 17.2 Å². The summed E-state index contributed by atoms with van der Waals surface area (Å²) in [6, 6.07) is 14.7. The minimum atomic E-state index is -8.47. The summed E-state index contributed by atoms with van der Waals surface area (Å²) in [5, 5.41) is 1.46. The van der Waals surface area contributed by atoms with Crippen LogP contribution in [0.3, 0.4) is 0 Å². The van der Waals surface area contributed by atoms with Crippen LogP contribution < -0.4 is 0 Å². The van der Waals surface area contributed by atoms with Crippen LogP contribution in [-0.2, 0) is 36.3 Å². The normalized spacial score (nSPS) is 30.4. The topological polar surface area (TPSA) is 0 Å². The number of rotatable bonds is 8. The van der Waals surface area contributed by atoms with Gasteiger partial charge in [0, 0.05) is 0 Å². The molecule has 2 fully saturated rings. The van der Waals surface area contributed by atoms with E-state index in [0.29, 0.717) is 68.0 Å². The van der Waals surface area contributed by atoms with E-state index in [-0.39, 0.29) is 23.3 Å². The van der Waals surface area contributed by atoms with E-state index in [1.807, 2.05) is 107 Å². The fraction of sp³-hybridized carbons (Fsp3) is 0.378. The molecule has 0 bridgehead atoms. The quantitative estimate of drug-likeness (QED) is 0.122. The molecule has 8 atom stereocenters. The molecule has 4 aromatic rings. The molecule has 2 aliphatic heterocycles. The molecule has 0 nitrogen and oxygen atoms in total. The maximum absolute atomic E-state index is 17.5. The Labute approximate surface area is 638 Å². The van der Waals surface area contributed by atoms with Crippen molar-refractivity contribution in [3.63, 3.8) is 0 Å². The Morgan fingerprint density at radius 2 is 0.534 bits per heavy atom. The molecule has 0 N–H and O–H groups in total. The number of hydrogen-bond donors (Lipinski definition) is 0. The second-order valence-corrected chi connectivity index (χ2v) is 91.1. The van der Waals surface area contributed by atoms with Gasteiger partial charge in [-0.05, 0) is 0 Å². The van der Waals surface area contributed by atoms with E-state index >= 15 is 17.6 Å². The third-order valence-electron chi connectivity index (χ3n) is 26.7. The third kappa shape index (κ3) is 8.93. The zero-order valence-electron chi connectivity index (χ0n) is 62.7. The SMILES string of the molecule is CCC1=CC2=C(C=CC=CC2c2cc(F)c(C(C)(C)C)c(Cl)c2)[C]12[SiH](C)[C]1(C(CC)=CC3=C1C=CC=CC3c1cc(F)c(C(C)(C)C)c(Cl)c1)[Hf]21([Cl])([Cl])[C]2(C(CC)=CC3=C2C=CC=CC3c2cc(F)c(C(C)(C)C)c(Cl)c2)[SiH](C)[C]12C(CC)=CC1=C2C=CC=CC1c1cc(F)c(C(C)(C)C)c(Cl)c1. The molecule has 538 valence electrons. The van der Waals surface area contributed by atoms with Crippen molar-refractivity contribution in [3.8, 4) is 0 Å². The van der Waals surface area contributed by atoms with Gasteiger partial charge in [0.25, 0.3) is 0 Å². The molecule has 13 heteroatoms. The summed E-state index contributed by atoms with van der Waals surface area (Å²) in [6.07, 6.45) is 47.6. The Kier molecular flexibility index (Phi) is 17.9. The summed E-state index contributed by atoms with van der Waals surface area (Å²) in [6.45, 7) is 38.2. The van der Waals surface area contributed by atoms with Crippen molar-refractivity contribution in [1.82, 2.24) is 0 Å². The van der Waals surface area contributed by atoms with Crippen LogP contribution >= 0.6 is 63.6 Å². The van der Waals surface area contributed by atoms with Gasteiger partial charge in [-0.3, -0.25) is 0 Å². The molecule has 0 saturated carbocycles. The maximum atomic E-state index is 17.5. The van der Waals surface area contributed by atoms with Gasteiger partial charge >= 0.3 is 644 Å². The van der Waals surface area contributed by atoms with Crippen LogP contribution in [-0.4, -0.2) is 17.6 Å². The van der Waals surface area contributed by atoms with Crippen LogP contribution in [0, 0.1) is 23.3 Å². The minimum absolute atomic E-state index is 0.363. The summed E-state index contributed by atoms with van der Waals surface area (Å²) >= 11 is 21.2. The molecule has 8 aliphatic carbocycles. The average Bonchev–Trinajstić information content (AvgIpc) is 1.52. The number of halogens is 10. The molecular formula is C90H96Cl6F4HfSi2. The molecule has 0 radical (unpaired) electrons. The van der Waals surface area contributed by atoms with Crippen molar-refractivity contribution in [3.05, 3.63) is 325 Å². The van der Waals surface area contributed by atoms with Gasteiger partial charge in [-0.25, -0.2) is 0 Å². The number of benzene rings is 4. The van der Waals surface area contributed by atoms with Crippen LogP contribution in [0.25, 0.3) is 0 Å². The third-order valence-corrected chi connectivity index (χ3v) is 144. The summed E-state index contributed by atoms with van der Waals surface area (Å²) < 4.78 is 65.7. The van der Waals surface area contributed by atoms with Gasteiger partial charge in [-0.2, -0.15) is 0 Å². The second kappa shape index (κ2) is 24.5. The summed E-state index contributed by atoms with van der Waals surface area (Å²) in [5.74, 6) is -3.45. The zero-order valence-corrected chi connectivity index (χ0v) is 73.2. The van der Waals surface area contributed by atoms with Crippen LogP contribution in [0.2, 0.25) is 44.4 Å². The number of fused-ring (bicyclic) bond motifs is 8. The molecule has 4 aromatic carbocycles. The van der Waals surface area contributed by atoms with Crippen LogP contribution in [0.4, 0.5) is 17.6 Å². The first-order valence-electron chi connectivity index (χ1n) is 37.2. The number of hydrogen-bond acceptors (Lipinski definition) is 0. The molecular weight excluding hydrogens is 1600 g/mol. The Balaban J connectivity index is 1.22. The van der Waals surface area contributed by atoms with Gasteiger partial charge in [0.15, 0.2) is 0 Å². The van der Waals surface area contributed by atoms with E-state index < -0.39 is 88.8 Å². The molecule has 2 heterocycles. The Morgan fingerprint density at radius 3 is 0.699 bits per heavy atom. The first-order chi connectivity index (χ1) is 48.2. The van der Waals surface area contributed by atoms with Gasteiger partial charge < -0.3 is 0 Å². The van der Waals surface area contributed by atoms with Crippen molar-refractivity contribution in [2.75, 3.05) is 0 Å². The van der Waals surface area contributed by atoms with Crippen LogP contribution in [0.1, 0.15) is 205 Å². The van der Waals surface area contributed by atoms with Crippen LogP contribution in [0.15, 0.2) is 237 Å². The monoisotopic (exact) mass is 1700 g/mol. The van der Waals surface area contributed by atoms with Crippen LogP contribution in [0.5, 0.6) is 0 Å². The molecule has 5 spiro atoms. The van der Waals surface area contributed by atoms with Crippen molar-refractivity contribution < 1.29 is 32.2 Å². The second-order valence-electron chi connectivity index (χ2n) is 35.1. The van der Waals surface area contributed by atoms with E-state index in [2.05, 4.69) is 162 Å². The van der Waals surface area contributed by atoms with Gasteiger partial charge in [0.2, 0.25) is 0 Å². The predicted octanol–water partition coefficient (Wildman–Crippen LogP) is 28.6. The summed E-state index contributed by atoms with van der Waals surface area (Å²) in [5.41, 5.74) is 15.6.